The molecule has 7 nitrogen and oxygen atoms in total. The maximum atomic E-state index is 12.0. The van der Waals surface area contributed by atoms with Crippen LogP contribution in [0.1, 0.15) is 21.8 Å². The summed E-state index contributed by atoms with van der Waals surface area (Å²) in [7, 11) is -3.48. The van der Waals surface area contributed by atoms with Crippen molar-refractivity contribution in [2.75, 3.05) is 11.0 Å². The minimum absolute atomic E-state index is 0.0522. The zero-order valence-corrected chi connectivity index (χ0v) is 12.3. The van der Waals surface area contributed by atoms with E-state index in [4.69, 9.17) is 9.26 Å². The highest BCUT2D eigenvalue weighted by atomic mass is 32.2. The summed E-state index contributed by atoms with van der Waals surface area (Å²) >= 11 is 0. The predicted octanol–water partition coefficient (Wildman–Crippen LogP) is 1.71. The molecule has 0 aliphatic carbocycles. The van der Waals surface area contributed by atoms with Gasteiger partial charge in [0.15, 0.2) is 0 Å². The molecule has 0 bridgehead atoms. The standard InChI is InChI=1S/C13H14N2O5S/c1-9-7-10(14-20-9)8-19-13(16)11-5-3-4-6-12(11)15-21(2,17)18/h3-7,15H,8H2,1-2H3. The van der Waals surface area contributed by atoms with E-state index in [9.17, 15) is 13.2 Å². The first kappa shape index (κ1) is 15.0. The van der Waals surface area contributed by atoms with Gasteiger partial charge in [0.2, 0.25) is 10.0 Å². The lowest BCUT2D eigenvalue weighted by Crippen LogP contribution is -2.14. The van der Waals surface area contributed by atoms with Gasteiger partial charge in [0.1, 0.15) is 18.1 Å². The van der Waals surface area contributed by atoms with Crippen molar-refractivity contribution < 1.29 is 22.5 Å². The number of carbonyl (C=O) groups excluding carboxylic acids is 1. The quantitative estimate of drug-likeness (QED) is 0.844. The highest BCUT2D eigenvalue weighted by Crippen LogP contribution is 2.18. The lowest BCUT2D eigenvalue weighted by Gasteiger charge is -2.09. The monoisotopic (exact) mass is 310 g/mol. The molecule has 0 radical (unpaired) electrons. The van der Waals surface area contributed by atoms with E-state index in [1.54, 1.807) is 25.1 Å². The predicted molar refractivity (Wildman–Crippen MR) is 75.3 cm³/mol. The van der Waals surface area contributed by atoms with Crippen molar-refractivity contribution in [3.63, 3.8) is 0 Å². The van der Waals surface area contributed by atoms with E-state index >= 15 is 0 Å². The molecule has 2 aromatic rings. The molecule has 0 saturated carbocycles. The summed E-state index contributed by atoms with van der Waals surface area (Å²) in [5.41, 5.74) is 0.777. The van der Waals surface area contributed by atoms with Crippen molar-refractivity contribution in [3.8, 4) is 0 Å². The summed E-state index contributed by atoms with van der Waals surface area (Å²) in [6.07, 6.45) is 1.01. The SMILES string of the molecule is Cc1cc(COC(=O)c2ccccc2NS(C)(=O)=O)no1. The van der Waals surface area contributed by atoms with Crippen molar-refractivity contribution in [1.82, 2.24) is 5.16 Å². The van der Waals surface area contributed by atoms with Gasteiger partial charge in [0.05, 0.1) is 17.5 Å². The molecule has 1 N–H and O–H groups in total. The van der Waals surface area contributed by atoms with Gasteiger partial charge in [-0.1, -0.05) is 17.3 Å². The lowest BCUT2D eigenvalue weighted by atomic mass is 10.2. The Morgan fingerprint density at radius 2 is 2.10 bits per heavy atom. The summed E-state index contributed by atoms with van der Waals surface area (Å²) in [4.78, 5) is 12.0. The number of carbonyl (C=O) groups is 1. The molecule has 1 aromatic carbocycles. The molecule has 8 heteroatoms. The van der Waals surface area contributed by atoms with Gasteiger partial charge in [0, 0.05) is 6.07 Å². The summed E-state index contributed by atoms with van der Waals surface area (Å²) in [5.74, 6) is -0.0393. The van der Waals surface area contributed by atoms with Gasteiger partial charge in [-0.25, -0.2) is 13.2 Å². The first-order valence-corrected chi connectivity index (χ1v) is 7.90. The number of rotatable bonds is 5. The van der Waals surface area contributed by atoms with E-state index in [1.807, 2.05) is 0 Å². The Hall–Kier alpha value is -2.35. The number of benzene rings is 1. The van der Waals surface area contributed by atoms with Crippen LogP contribution in [0.3, 0.4) is 0 Å². The Kier molecular flexibility index (Phi) is 4.27. The Morgan fingerprint density at radius 3 is 2.71 bits per heavy atom. The van der Waals surface area contributed by atoms with Crippen LogP contribution in [-0.4, -0.2) is 25.8 Å². The second kappa shape index (κ2) is 5.96. The van der Waals surface area contributed by atoms with E-state index in [0.717, 1.165) is 6.26 Å². The summed E-state index contributed by atoms with van der Waals surface area (Å²) in [5, 5.41) is 3.70. The number of anilines is 1. The first-order chi connectivity index (χ1) is 9.85. The molecule has 1 aromatic heterocycles. The minimum atomic E-state index is -3.48. The third-order valence-electron chi connectivity index (χ3n) is 2.47. The van der Waals surface area contributed by atoms with Gasteiger partial charge < -0.3 is 9.26 Å². The van der Waals surface area contributed by atoms with Gasteiger partial charge in [-0.15, -0.1) is 0 Å². The Bertz CT molecular complexity index is 751. The molecule has 21 heavy (non-hydrogen) atoms. The molecular weight excluding hydrogens is 296 g/mol. The average molecular weight is 310 g/mol. The van der Waals surface area contributed by atoms with Crippen molar-refractivity contribution in [3.05, 3.63) is 47.3 Å². The van der Waals surface area contributed by atoms with Gasteiger partial charge in [-0.2, -0.15) is 0 Å². The summed E-state index contributed by atoms with van der Waals surface area (Å²) in [6.45, 7) is 1.67. The topological polar surface area (TPSA) is 98.5 Å². The molecular formula is C13H14N2O5S. The summed E-state index contributed by atoms with van der Waals surface area (Å²) < 4.78 is 34.8. The molecule has 1 heterocycles. The Morgan fingerprint density at radius 1 is 1.38 bits per heavy atom. The first-order valence-electron chi connectivity index (χ1n) is 6.01. The summed E-state index contributed by atoms with van der Waals surface area (Å²) in [6, 6.07) is 7.84. The zero-order valence-electron chi connectivity index (χ0n) is 11.5. The van der Waals surface area contributed by atoms with Gasteiger partial charge >= 0.3 is 5.97 Å². The number of nitrogens with zero attached hydrogens (tertiary/aromatic N) is 1. The van der Waals surface area contributed by atoms with Gasteiger partial charge in [-0.05, 0) is 19.1 Å². The molecule has 0 spiro atoms. The fourth-order valence-electron chi connectivity index (χ4n) is 1.65. The number of nitrogens with one attached hydrogen (secondary N) is 1. The third kappa shape index (κ3) is 4.32. The smallest absolute Gasteiger partial charge is 0.340 e. The highest BCUT2D eigenvalue weighted by molar-refractivity contribution is 7.92. The number of esters is 1. The van der Waals surface area contributed by atoms with E-state index in [2.05, 4.69) is 9.88 Å². The molecule has 0 atom stereocenters. The fourth-order valence-corrected chi connectivity index (χ4v) is 2.23. The number of ether oxygens (including phenoxy) is 1. The van der Waals surface area contributed by atoms with E-state index in [1.165, 1.54) is 12.1 Å². The van der Waals surface area contributed by atoms with E-state index in [0.29, 0.717) is 11.5 Å². The van der Waals surface area contributed by atoms with Crippen LogP contribution in [0.4, 0.5) is 5.69 Å². The van der Waals surface area contributed by atoms with Crippen LogP contribution in [0.25, 0.3) is 0 Å². The Balaban J connectivity index is 2.12. The van der Waals surface area contributed by atoms with Gasteiger partial charge in [-0.3, -0.25) is 4.72 Å². The van der Waals surface area contributed by atoms with E-state index < -0.39 is 16.0 Å². The molecule has 0 unspecified atom stereocenters. The van der Waals surface area contributed by atoms with Crippen LogP contribution in [0, 0.1) is 6.92 Å². The third-order valence-corrected chi connectivity index (χ3v) is 3.06. The Labute approximate surface area is 121 Å². The number of para-hydroxylation sites is 1. The van der Waals surface area contributed by atoms with Crippen molar-refractivity contribution >= 4 is 21.7 Å². The zero-order chi connectivity index (χ0) is 15.5. The normalized spacial score (nSPS) is 11.1. The molecule has 0 amide bonds. The fraction of sp³-hybridized carbons (Fsp3) is 0.231. The van der Waals surface area contributed by atoms with Gasteiger partial charge in [0.25, 0.3) is 0 Å². The highest BCUT2D eigenvalue weighted by Gasteiger charge is 2.15. The van der Waals surface area contributed by atoms with E-state index in [-0.39, 0.29) is 17.9 Å². The minimum Gasteiger partial charge on any atom is -0.455 e. The second-order valence-electron chi connectivity index (χ2n) is 4.42. The number of aryl methyl sites for hydroxylation is 1. The second-order valence-corrected chi connectivity index (χ2v) is 6.17. The van der Waals surface area contributed by atoms with Crippen molar-refractivity contribution in [2.24, 2.45) is 0 Å². The number of hydrogen-bond acceptors (Lipinski definition) is 6. The van der Waals surface area contributed by atoms with Crippen LogP contribution in [0.15, 0.2) is 34.9 Å². The largest absolute Gasteiger partial charge is 0.455 e. The molecule has 0 aliphatic heterocycles. The molecule has 0 saturated heterocycles. The molecule has 2 rings (SSSR count). The number of hydrogen-bond donors (Lipinski definition) is 1. The number of aromatic nitrogens is 1. The van der Waals surface area contributed by atoms with Crippen LogP contribution >= 0.6 is 0 Å². The van der Waals surface area contributed by atoms with Crippen LogP contribution in [-0.2, 0) is 21.4 Å². The van der Waals surface area contributed by atoms with Crippen LogP contribution in [0.5, 0.6) is 0 Å². The lowest BCUT2D eigenvalue weighted by molar-refractivity contribution is 0.0465. The molecule has 112 valence electrons. The average Bonchev–Trinajstić information content (AvgIpc) is 2.80. The molecule has 0 aliphatic rings. The number of sulfonamides is 1. The van der Waals surface area contributed by atoms with Crippen LogP contribution < -0.4 is 4.72 Å². The maximum Gasteiger partial charge on any atom is 0.340 e. The molecule has 0 fully saturated rings. The van der Waals surface area contributed by atoms with Crippen molar-refractivity contribution in [2.45, 2.75) is 13.5 Å². The maximum absolute atomic E-state index is 12.0. The van der Waals surface area contributed by atoms with Crippen molar-refractivity contribution in [1.29, 1.82) is 0 Å². The van der Waals surface area contributed by atoms with Crippen LogP contribution in [0.2, 0.25) is 0 Å².